The smallest absolute Gasteiger partial charge is 0.323 e. The summed E-state index contributed by atoms with van der Waals surface area (Å²) >= 11 is 0. The number of carbonyl (C=O) groups is 1. The van der Waals surface area contributed by atoms with Crippen LogP contribution in [-0.2, 0) is 14.9 Å². The number of hydrogen-bond donors (Lipinski definition) is 1. The predicted molar refractivity (Wildman–Crippen MR) is 59.8 cm³/mol. The van der Waals surface area contributed by atoms with Crippen molar-refractivity contribution in [2.45, 2.75) is 32.2 Å². The van der Waals surface area contributed by atoms with E-state index in [1.807, 2.05) is 20.8 Å². The molecule has 1 rings (SSSR count). The van der Waals surface area contributed by atoms with E-state index in [9.17, 15) is 4.79 Å². The number of aromatic nitrogens is 2. The third kappa shape index (κ3) is 2.19. The molecule has 0 saturated carbocycles. The maximum absolute atomic E-state index is 11.4. The largest absolute Gasteiger partial charge is 0.468 e. The van der Waals surface area contributed by atoms with Crippen LogP contribution in [0.5, 0.6) is 0 Å². The Kier molecular flexibility index (Phi) is 3.59. The zero-order chi connectivity index (χ0) is 12.3. The summed E-state index contributed by atoms with van der Waals surface area (Å²) < 4.78 is 4.65. The van der Waals surface area contributed by atoms with E-state index in [-0.39, 0.29) is 0 Å². The molecule has 0 spiro atoms. The molecule has 0 aromatic carbocycles. The van der Waals surface area contributed by atoms with E-state index < -0.39 is 17.4 Å². The molecule has 0 aliphatic rings. The zero-order valence-corrected chi connectivity index (χ0v) is 10.0. The highest BCUT2D eigenvalue weighted by molar-refractivity contribution is 5.77. The van der Waals surface area contributed by atoms with Crippen molar-refractivity contribution in [3.8, 4) is 0 Å². The van der Waals surface area contributed by atoms with Gasteiger partial charge in [0.25, 0.3) is 0 Å². The summed E-state index contributed by atoms with van der Waals surface area (Å²) in [4.78, 5) is 19.8. The van der Waals surface area contributed by atoms with Gasteiger partial charge >= 0.3 is 5.97 Å². The van der Waals surface area contributed by atoms with E-state index in [1.54, 1.807) is 12.4 Å². The Morgan fingerprint density at radius 2 is 2.00 bits per heavy atom. The summed E-state index contributed by atoms with van der Waals surface area (Å²) in [5.74, 6) is -0.449. The summed E-state index contributed by atoms with van der Waals surface area (Å²) in [6.07, 6.45) is 3.20. The van der Waals surface area contributed by atoms with Gasteiger partial charge in [-0.1, -0.05) is 13.8 Å². The van der Waals surface area contributed by atoms with E-state index in [0.29, 0.717) is 5.69 Å². The van der Waals surface area contributed by atoms with Gasteiger partial charge in [-0.05, 0) is 6.92 Å². The summed E-state index contributed by atoms with van der Waals surface area (Å²) in [6, 6.07) is -0.757. The Labute approximate surface area is 95.0 Å². The Morgan fingerprint density at radius 1 is 1.44 bits per heavy atom. The van der Waals surface area contributed by atoms with Crippen LogP contribution >= 0.6 is 0 Å². The minimum Gasteiger partial charge on any atom is -0.468 e. The number of hydrogen-bond acceptors (Lipinski definition) is 5. The number of esters is 1. The molecule has 1 heterocycles. The maximum Gasteiger partial charge on any atom is 0.323 e. The molecule has 2 N–H and O–H groups in total. The van der Waals surface area contributed by atoms with Gasteiger partial charge in [0.15, 0.2) is 0 Å². The number of nitrogens with zero attached hydrogens (tertiary/aromatic N) is 2. The molecule has 1 unspecified atom stereocenters. The predicted octanol–water partition coefficient (Wildman–Crippen LogP) is 0.563. The van der Waals surface area contributed by atoms with Gasteiger partial charge < -0.3 is 10.5 Å². The topological polar surface area (TPSA) is 78.1 Å². The van der Waals surface area contributed by atoms with Crippen LogP contribution in [0, 0.1) is 6.92 Å². The molecule has 16 heavy (non-hydrogen) atoms. The van der Waals surface area contributed by atoms with Crippen LogP contribution in [0.4, 0.5) is 0 Å². The van der Waals surface area contributed by atoms with E-state index in [4.69, 9.17) is 5.73 Å². The lowest BCUT2D eigenvalue weighted by atomic mass is 9.80. The lowest BCUT2D eigenvalue weighted by molar-refractivity contribution is -0.143. The minimum absolute atomic E-state index is 0.449. The van der Waals surface area contributed by atoms with Gasteiger partial charge in [-0.2, -0.15) is 0 Å². The summed E-state index contributed by atoms with van der Waals surface area (Å²) in [6.45, 7) is 5.55. The van der Waals surface area contributed by atoms with Gasteiger partial charge in [0.2, 0.25) is 0 Å². The molecule has 1 aromatic rings. The van der Waals surface area contributed by atoms with Crippen LogP contribution in [0.2, 0.25) is 0 Å². The van der Waals surface area contributed by atoms with Crippen molar-refractivity contribution in [3.05, 3.63) is 23.8 Å². The lowest BCUT2D eigenvalue weighted by Gasteiger charge is -2.29. The van der Waals surface area contributed by atoms with E-state index in [2.05, 4.69) is 14.7 Å². The number of methoxy groups -OCH3 is 1. The highest BCUT2D eigenvalue weighted by atomic mass is 16.5. The van der Waals surface area contributed by atoms with Gasteiger partial charge in [0.1, 0.15) is 6.04 Å². The zero-order valence-electron chi connectivity index (χ0n) is 10.0. The highest BCUT2D eigenvalue weighted by Crippen LogP contribution is 2.26. The van der Waals surface area contributed by atoms with Crippen LogP contribution in [-0.4, -0.2) is 29.1 Å². The van der Waals surface area contributed by atoms with Gasteiger partial charge in [-0.25, -0.2) is 0 Å². The average molecular weight is 223 g/mol. The highest BCUT2D eigenvalue weighted by Gasteiger charge is 2.37. The number of ether oxygens (including phenoxy) is 1. The molecule has 88 valence electrons. The lowest BCUT2D eigenvalue weighted by Crippen LogP contribution is -2.48. The molecule has 0 radical (unpaired) electrons. The molecule has 0 aliphatic carbocycles. The number of rotatable bonds is 3. The van der Waals surface area contributed by atoms with Crippen LogP contribution in [0.1, 0.15) is 25.2 Å². The molecule has 1 aromatic heterocycles. The van der Waals surface area contributed by atoms with Crippen LogP contribution in [0.15, 0.2) is 12.4 Å². The van der Waals surface area contributed by atoms with Crippen molar-refractivity contribution in [2.75, 3.05) is 7.11 Å². The molecular formula is C11H17N3O2. The fraction of sp³-hybridized carbons (Fsp3) is 0.545. The first kappa shape index (κ1) is 12.6. The first-order valence-corrected chi connectivity index (χ1v) is 5.02. The number of aryl methyl sites for hydroxylation is 1. The molecule has 0 aliphatic heterocycles. The fourth-order valence-electron chi connectivity index (χ4n) is 1.61. The number of carbonyl (C=O) groups excluding carboxylic acids is 1. The summed E-state index contributed by atoms with van der Waals surface area (Å²) in [5.41, 5.74) is 6.74. The molecule has 0 amide bonds. The standard InChI is InChI=1S/C11H17N3O2/c1-7-9(14-6-5-13-7)11(2,3)8(12)10(15)16-4/h5-6,8H,12H2,1-4H3. The van der Waals surface area contributed by atoms with Crippen LogP contribution < -0.4 is 5.73 Å². The molecule has 0 saturated heterocycles. The molecule has 5 heteroatoms. The van der Waals surface area contributed by atoms with Crippen LogP contribution in [0.3, 0.4) is 0 Å². The molecule has 5 nitrogen and oxygen atoms in total. The Hall–Kier alpha value is -1.49. The Morgan fingerprint density at radius 3 is 2.50 bits per heavy atom. The van der Waals surface area contributed by atoms with Crippen molar-refractivity contribution in [1.82, 2.24) is 9.97 Å². The van der Waals surface area contributed by atoms with E-state index >= 15 is 0 Å². The average Bonchev–Trinajstić information content (AvgIpc) is 2.27. The molecular weight excluding hydrogens is 206 g/mol. The van der Waals surface area contributed by atoms with Gasteiger partial charge in [-0.15, -0.1) is 0 Å². The SMILES string of the molecule is COC(=O)C(N)C(C)(C)c1nccnc1C. The van der Waals surface area contributed by atoms with Crippen molar-refractivity contribution in [1.29, 1.82) is 0 Å². The van der Waals surface area contributed by atoms with E-state index in [0.717, 1.165) is 5.69 Å². The van der Waals surface area contributed by atoms with Crippen molar-refractivity contribution >= 4 is 5.97 Å². The van der Waals surface area contributed by atoms with Crippen LogP contribution in [0.25, 0.3) is 0 Å². The first-order valence-electron chi connectivity index (χ1n) is 5.02. The maximum atomic E-state index is 11.4. The summed E-state index contributed by atoms with van der Waals surface area (Å²) in [5, 5.41) is 0. The van der Waals surface area contributed by atoms with Gasteiger partial charge in [0.05, 0.1) is 18.5 Å². The normalized spacial score (nSPS) is 13.3. The number of nitrogens with two attached hydrogens (primary N) is 1. The fourth-order valence-corrected chi connectivity index (χ4v) is 1.61. The van der Waals surface area contributed by atoms with Gasteiger partial charge in [0, 0.05) is 17.8 Å². The van der Waals surface area contributed by atoms with Crippen molar-refractivity contribution in [3.63, 3.8) is 0 Å². The van der Waals surface area contributed by atoms with E-state index in [1.165, 1.54) is 7.11 Å². The third-order valence-corrected chi connectivity index (χ3v) is 2.72. The molecule has 0 bridgehead atoms. The second kappa shape index (κ2) is 4.57. The first-order chi connectivity index (χ1) is 7.41. The molecule has 1 atom stereocenters. The monoisotopic (exact) mass is 223 g/mol. The van der Waals surface area contributed by atoms with Gasteiger partial charge in [-0.3, -0.25) is 14.8 Å². The Balaban J connectivity index is 3.11. The Bertz CT molecular complexity index is 391. The summed E-state index contributed by atoms with van der Waals surface area (Å²) in [7, 11) is 1.32. The quantitative estimate of drug-likeness (QED) is 0.758. The second-order valence-electron chi connectivity index (χ2n) is 4.21. The second-order valence-corrected chi connectivity index (χ2v) is 4.21. The minimum atomic E-state index is -0.757. The third-order valence-electron chi connectivity index (χ3n) is 2.72. The van der Waals surface area contributed by atoms with Crippen molar-refractivity contribution in [2.24, 2.45) is 5.73 Å². The molecule has 0 fully saturated rings. The van der Waals surface area contributed by atoms with Crippen molar-refractivity contribution < 1.29 is 9.53 Å².